The van der Waals surface area contributed by atoms with Gasteiger partial charge in [-0.15, -0.1) is 0 Å². The predicted molar refractivity (Wildman–Crippen MR) is 116 cm³/mol. The molecule has 5 nitrogen and oxygen atoms in total. The van der Waals surface area contributed by atoms with Gasteiger partial charge in [0.1, 0.15) is 5.76 Å². The van der Waals surface area contributed by atoms with Crippen molar-refractivity contribution >= 4 is 17.7 Å². The first-order chi connectivity index (χ1) is 14.1. The largest absolute Gasteiger partial charge is 0.467 e. The number of imidazole rings is 1. The molecule has 0 spiro atoms. The van der Waals surface area contributed by atoms with Crippen molar-refractivity contribution < 1.29 is 9.21 Å². The number of furan rings is 1. The van der Waals surface area contributed by atoms with Gasteiger partial charge in [0.05, 0.1) is 24.3 Å². The van der Waals surface area contributed by atoms with Crippen molar-refractivity contribution in [1.82, 2.24) is 14.5 Å². The zero-order valence-electron chi connectivity index (χ0n) is 17.5. The summed E-state index contributed by atoms with van der Waals surface area (Å²) in [5.41, 5.74) is 3.47. The van der Waals surface area contributed by atoms with E-state index in [9.17, 15) is 4.79 Å². The van der Waals surface area contributed by atoms with Crippen LogP contribution < -0.4 is 0 Å². The fraction of sp³-hybridized carbons (Fsp3) is 0.565. The van der Waals surface area contributed by atoms with E-state index in [0.29, 0.717) is 18.3 Å². The van der Waals surface area contributed by atoms with Gasteiger partial charge in [-0.3, -0.25) is 4.79 Å². The zero-order chi connectivity index (χ0) is 20.2. The molecule has 1 amide bonds. The first-order valence-electron chi connectivity index (χ1n) is 10.8. The van der Waals surface area contributed by atoms with Crippen LogP contribution in [0.1, 0.15) is 74.6 Å². The Morgan fingerprint density at radius 1 is 1.28 bits per heavy atom. The average Bonchev–Trinajstić information content (AvgIpc) is 3.48. The summed E-state index contributed by atoms with van der Waals surface area (Å²) < 4.78 is 7.91. The van der Waals surface area contributed by atoms with Gasteiger partial charge < -0.3 is 13.9 Å². The number of hydrogen-bond acceptors (Lipinski definition) is 4. The summed E-state index contributed by atoms with van der Waals surface area (Å²) in [4.78, 5) is 20.0. The minimum atomic E-state index is 0.135. The summed E-state index contributed by atoms with van der Waals surface area (Å²) in [6.07, 6.45) is 13.3. The molecule has 0 N–H and O–H groups in total. The molecule has 0 atom stereocenters. The van der Waals surface area contributed by atoms with Crippen LogP contribution in [0.3, 0.4) is 0 Å². The second-order valence-corrected chi connectivity index (χ2v) is 9.11. The molecule has 1 fully saturated rings. The van der Waals surface area contributed by atoms with Gasteiger partial charge in [-0.05, 0) is 64.5 Å². The van der Waals surface area contributed by atoms with Crippen molar-refractivity contribution in [3.8, 4) is 0 Å². The molecule has 2 heterocycles. The molecule has 1 saturated carbocycles. The molecule has 0 unspecified atom stereocenters. The SMILES string of the molecule is Cc1nc(SCC(=O)N(Cc2ccco2)C2=CCCCC2)n(C2CCCC2)c1C. The third-order valence-corrected chi connectivity index (χ3v) is 7.12. The van der Waals surface area contributed by atoms with Crippen LogP contribution in [-0.2, 0) is 11.3 Å². The summed E-state index contributed by atoms with van der Waals surface area (Å²) in [6.45, 7) is 4.73. The molecule has 29 heavy (non-hydrogen) atoms. The average molecular weight is 414 g/mol. The van der Waals surface area contributed by atoms with Crippen molar-refractivity contribution in [2.45, 2.75) is 83.0 Å². The number of thioether (sulfide) groups is 1. The molecule has 0 bridgehead atoms. The second-order valence-electron chi connectivity index (χ2n) is 8.16. The molecule has 0 aliphatic heterocycles. The van der Waals surface area contributed by atoms with E-state index < -0.39 is 0 Å². The first-order valence-corrected chi connectivity index (χ1v) is 11.8. The molecule has 0 aromatic carbocycles. The lowest BCUT2D eigenvalue weighted by molar-refractivity contribution is -0.127. The lowest BCUT2D eigenvalue weighted by atomic mass is 10.0. The molecule has 6 heteroatoms. The molecular weight excluding hydrogens is 382 g/mol. The van der Waals surface area contributed by atoms with Crippen LogP contribution in [0.25, 0.3) is 0 Å². The van der Waals surface area contributed by atoms with Gasteiger partial charge >= 0.3 is 0 Å². The molecule has 0 radical (unpaired) electrons. The number of rotatable bonds is 7. The Balaban J connectivity index is 1.49. The van der Waals surface area contributed by atoms with Crippen LogP contribution in [-0.4, -0.2) is 26.1 Å². The number of allylic oxidation sites excluding steroid dienone is 2. The normalized spacial score (nSPS) is 17.5. The highest BCUT2D eigenvalue weighted by molar-refractivity contribution is 7.99. The number of amides is 1. The van der Waals surface area contributed by atoms with Gasteiger partial charge in [0.25, 0.3) is 0 Å². The Kier molecular flexibility index (Phi) is 6.48. The molecular formula is C23H31N3O2S. The van der Waals surface area contributed by atoms with Crippen molar-refractivity contribution in [1.29, 1.82) is 0 Å². The van der Waals surface area contributed by atoms with E-state index in [1.807, 2.05) is 17.0 Å². The maximum absolute atomic E-state index is 13.3. The Hall–Kier alpha value is -1.95. The van der Waals surface area contributed by atoms with Crippen LogP contribution >= 0.6 is 11.8 Å². The highest BCUT2D eigenvalue weighted by Crippen LogP contribution is 2.35. The Bertz CT molecular complexity index is 863. The van der Waals surface area contributed by atoms with E-state index >= 15 is 0 Å². The molecule has 2 aliphatic rings. The van der Waals surface area contributed by atoms with Crippen molar-refractivity contribution in [3.05, 3.63) is 47.3 Å². The maximum atomic E-state index is 13.3. The zero-order valence-corrected chi connectivity index (χ0v) is 18.3. The van der Waals surface area contributed by atoms with Crippen molar-refractivity contribution in [3.63, 3.8) is 0 Å². The Labute approximate surface area is 177 Å². The van der Waals surface area contributed by atoms with Crippen LogP contribution in [0, 0.1) is 13.8 Å². The van der Waals surface area contributed by atoms with E-state index in [4.69, 9.17) is 9.40 Å². The van der Waals surface area contributed by atoms with Gasteiger partial charge in [-0.2, -0.15) is 0 Å². The van der Waals surface area contributed by atoms with Gasteiger partial charge in [0.15, 0.2) is 5.16 Å². The van der Waals surface area contributed by atoms with Crippen molar-refractivity contribution in [2.24, 2.45) is 0 Å². The number of aromatic nitrogens is 2. The molecule has 4 rings (SSSR count). The van der Waals surface area contributed by atoms with Crippen LogP contribution in [0.4, 0.5) is 0 Å². The summed E-state index contributed by atoms with van der Waals surface area (Å²) >= 11 is 1.58. The van der Waals surface area contributed by atoms with Gasteiger partial charge in [-0.25, -0.2) is 4.98 Å². The standard InChI is InChI=1S/C23H31N3O2S/c1-17-18(2)26(20-11-6-7-12-20)23(24-17)29-16-22(27)25(15-21-13-8-14-28-21)19-9-4-3-5-10-19/h8-9,13-14,20H,3-7,10-12,15-16H2,1-2H3. The third kappa shape index (κ3) is 4.63. The van der Waals surface area contributed by atoms with Crippen molar-refractivity contribution in [2.75, 3.05) is 5.75 Å². The highest BCUT2D eigenvalue weighted by Gasteiger charge is 2.25. The second kappa shape index (κ2) is 9.24. The molecule has 2 aliphatic carbocycles. The summed E-state index contributed by atoms with van der Waals surface area (Å²) in [5, 5.41) is 0.996. The minimum Gasteiger partial charge on any atom is -0.467 e. The Morgan fingerprint density at radius 2 is 2.10 bits per heavy atom. The topological polar surface area (TPSA) is 51.3 Å². The van der Waals surface area contributed by atoms with E-state index in [1.54, 1.807) is 18.0 Å². The molecule has 0 saturated heterocycles. The molecule has 2 aromatic rings. The van der Waals surface area contributed by atoms with Crippen LogP contribution in [0.5, 0.6) is 0 Å². The maximum Gasteiger partial charge on any atom is 0.237 e. The highest BCUT2D eigenvalue weighted by atomic mass is 32.2. The Morgan fingerprint density at radius 3 is 2.79 bits per heavy atom. The van der Waals surface area contributed by atoms with E-state index in [1.165, 1.54) is 37.8 Å². The minimum absolute atomic E-state index is 0.135. The van der Waals surface area contributed by atoms with Gasteiger partial charge in [0, 0.05) is 17.4 Å². The predicted octanol–water partition coefficient (Wildman–Crippen LogP) is 5.79. The molecule has 2 aromatic heterocycles. The quantitative estimate of drug-likeness (QED) is 0.539. The number of hydrogen-bond donors (Lipinski definition) is 0. The number of carbonyl (C=O) groups excluding carboxylic acids is 1. The number of aryl methyl sites for hydroxylation is 1. The van der Waals surface area contributed by atoms with Gasteiger partial charge in [-0.1, -0.05) is 30.7 Å². The van der Waals surface area contributed by atoms with Crippen LogP contribution in [0.15, 0.2) is 39.7 Å². The lowest BCUT2D eigenvalue weighted by Crippen LogP contribution is -2.32. The fourth-order valence-electron chi connectivity index (χ4n) is 4.47. The number of carbonyl (C=O) groups is 1. The lowest BCUT2D eigenvalue weighted by Gasteiger charge is -2.27. The van der Waals surface area contributed by atoms with Gasteiger partial charge in [0.2, 0.25) is 5.91 Å². The smallest absolute Gasteiger partial charge is 0.237 e. The third-order valence-electron chi connectivity index (χ3n) is 6.18. The van der Waals surface area contributed by atoms with Crippen LogP contribution in [0.2, 0.25) is 0 Å². The number of nitrogens with zero attached hydrogens (tertiary/aromatic N) is 3. The summed E-state index contributed by atoms with van der Waals surface area (Å²) in [7, 11) is 0. The summed E-state index contributed by atoms with van der Waals surface area (Å²) in [5.74, 6) is 1.37. The first kappa shape index (κ1) is 20.3. The van der Waals surface area contributed by atoms with E-state index in [0.717, 1.165) is 41.6 Å². The fourth-order valence-corrected chi connectivity index (χ4v) is 5.50. The summed E-state index contributed by atoms with van der Waals surface area (Å²) in [6, 6.07) is 4.36. The monoisotopic (exact) mass is 413 g/mol. The van der Waals surface area contributed by atoms with E-state index in [2.05, 4.69) is 24.5 Å². The van der Waals surface area contributed by atoms with E-state index in [-0.39, 0.29) is 5.91 Å². The molecule has 156 valence electrons.